The van der Waals surface area contributed by atoms with Crippen LogP contribution in [0.1, 0.15) is 23.6 Å². The molecule has 0 saturated carbocycles. The van der Waals surface area contributed by atoms with E-state index in [2.05, 4.69) is 43.0 Å². The minimum absolute atomic E-state index is 0.308. The fourth-order valence-corrected chi connectivity index (χ4v) is 2.28. The molecule has 2 rings (SSSR count). The van der Waals surface area contributed by atoms with Crippen molar-refractivity contribution in [3.63, 3.8) is 0 Å². The average molecular weight is 270 g/mol. The first-order valence-corrected chi connectivity index (χ1v) is 6.94. The van der Waals surface area contributed by atoms with Crippen molar-refractivity contribution in [2.45, 2.75) is 26.9 Å². The molecule has 20 heavy (non-hydrogen) atoms. The van der Waals surface area contributed by atoms with Gasteiger partial charge in [-0.1, -0.05) is 31.2 Å². The van der Waals surface area contributed by atoms with Crippen LogP contribution in [0.2, 0.25) is 0 Å². The van der Waals surface area contributed by atoms with E-state index in [1.165, 1.54) is 11.1 Å². The lowest BCUT2D eigenvalue weighted by Gasteiger charge is -2.22. The minimum Gasteiger partial charge on any atom is -0.508 e. The van der Waals surface area contributed by atoms with E-state index in [-0.39, 0.29) is 0 Å². The number of nitrogens with zero attached hydrogens (tertiary/aromatic N) is 1. The Morgan fingerprint density at radius 3 is 2.45 bits per heavy atom. The van der Waals surface area contributed by atoms with Crippen molar-refractivity contribution < 1.29 is 5.11 Å². The number of benzene rings is 2. The van der Waals surface area contributed by atoms with Crippen LogP contribution in [0, 0.1) is 6.92 Å². The largest absolute Gasteiger partial charge is 0.508 e. The van der Waals surface area contributed by atoms with Crippen LogP contribution in [0.15, 0.2) is 42.5 Å². The number of aryl methyl sites for hydroxylation is 1. The van der Waals surface area contributed by atoms with Crippen molar-refractivity contribution in [2.24, 2.45) is 0 Å². The summed E-state index contributed by atoms with van der Waals surface area (Å²) in [5.74, 6) is 0.308. The Balaban J connectivity index is 2.13. The first-order chi connectivity index (χ1) is 9.60. The molecule has 0 heterocycles. The first kappa shape index (κ1) is 14.4. The van der Waals surface area contributed by atoms with Gasteiger partial charge >= 0.3 is 0 Å². The predicted octanol–water partition coefficient (Wildman–Crippen LogP) is 3.30. The summed E-state index contributed by atoms with van der Waals surface area (Å²) in [5, 5.41) is 9.92. The molecule has 3 N–H and O–H groups in total. The van der Waals surface area contributed by atoms with E-state index in [0.717, 1.165) is 18.7 Å². The molecule has 106 valence electrons. The summed E-state index contributed by atoms with van der Waals surface area (Å²) < 4.78 is 0. The molecule has 0 saturated heterocycles. The second kappa shape index (κ2) is 6.44. The number of phenols is 1. The average Bonchev–Trinajstić information content (AvgIpc) is 2.44. The molecule has 2 aromatic rings. The fourth-order valence-electron chi connectivity index (χ4n) is 2.28. The van der Waals surface area contributed by atoms with Gasteiger partial charge in [0.25, 0.3) is 0 Å². The lowest BCUT2D eigenvalue weighted by Crippen LogP contribution is -2.22. The number of rotatable bonds is 5. The van der Waals surface area contributed by atoms with E-state index in [1.54, 1.807) is 12.1 Å². The lowest BCUT2D eigenvalue weighted by molar-refractivity contribution is 0.267. The molecule has 0 fully saturated rings. The quantitative estimate of drug-likeness (QED) is 0.647. The van der Waals surface area contributed by atoms with E-state index in [0.29, 0.717) is 18.0 Å². The highest BCUT2D eigenvalue weighted by Gasteiger charge is 2.09. The molecule has 0 bridgehead atoms. The number of nitrogen functional groups attached to an aromatic ring is 1. The van der Waals surface area contributed by atoms with Crippen LogP contribution >= 0.6 is 0 Å². The van der Waals surface area contributed by atoms with Gasteiger partial charge in [-0.25, -0.2) is 0 Å². The summed E-state index contributed by atoms with van der Waals surface area (Å²) in [5.41, 5.74) is 9.96. The van der Waals surface area contributed by atoms with E-state index in [1.807, 2.05) is 6.07 Å². The molecule has 0 aliphatic rings. The van der Waals surface area contributed by atoms with Gasteiger partial charge in [0.1, 0.15) is 5.75 Å². The van der Waals surface area contributed by atoms with Crippen molar-refractivity contribution in [3.8, 4) is 5.75 Å². The Morgan fingerprint density at radius 2 is 1.75 bits per heavy atom. The van der Waals surface area contributed by atoms with Gasteiger partial charge in [0, 0.05) is 24.3 Å². The number of nitrogens with two attached hydrogens (primary N) is 1. The molecular formula is C17H22N2O. The zero-order valence-corrected chi connectivity index (χ0v) is 12.1. The van der Waals surface area contributed by atoms with E-state index >= 15 is 0 Å². The van der Waals surface area contributed by atoms with Gasteiger partial charge < -0.3 is 10.8 Å². The number of anilines is 1. The molecule has 0 aliphatic carbocycles. The van der Waals surface area contributed by atoms with Crippen LogP contribution in [-0.4, -0.2) is 16.6 Å². The molecule has 0 radical (unpaired) electrons. The van der Waals surface area contributed by atoms with Gasteiger partial charge in [-0.3, -0.25) is 4.90 Å². The molecule has 3 nitrogen and oxygen atoms in total. The third kappa shape index (κ3) is 3.52. The third-order valence-electron chi connectivity index (χ3n) is 3.60. The van der Waals surface area contributed by atoms with Gasteiger partial charge in [0.2, 0.25) is 0 Å². The minimum atomic E-state index is 0.308. The summed E-state index contributed by atoms with van der Waals surface area (Å²) in [6.45, 7) is 6.74. The zero-order chi connectivity index (χ0) is 14.5. The number of hydrogen-bond acceptors (Lipinski definition) is 3. The van der Waals surface area contributed by atoms with Crippen LogP contribution < -0.4 is 5.73 Å². The molecule has 0 amide bonds. The number of hydrogen-bond donors (Lipinski definition) is 2. The maximum atomic E-state index is 9.92. The van der Waals surface area contributed by atoms with Crippen molar-refractivity contribution in [3.05, 3.63) is 59.2 Å². The standard InChI is InChI=1S/C17H22N2O/c1-3-19(11-14-7-5-4-6-13(14)2)12-15-10-16(18)8-9-17(15)20/h4-10,20H,3,11-12,18H2,1-2H3. The summed E-state index contributed by atoms with van der Waals surface area (Å²) in [6, 6.07) is 13.6. The Hall–Kier alpha value is -2.00. The van der Waals surface area contributed by atoms with Crippen LogP contribution in [0.4, 0.5) is 5.69 Å². The van der Waals surface area contributed by atoms with Crippen molar-refractivity contribution in [2.75, 3.05) is 12.3 Å². The molecule has 0 aliphatic heterocycles. The monoisotopic (exact) mass is 270 g/mol. The van der Waals surface area contributed by atoms with Crippen LogP contribution in [-0.2, 0) is 13.1 Å². The molecule has 2 aromatic carbocycles. The molecule has 0 unspecified atom stereocenters. The third-order valence-corrected chi connectivity index (χ3v) is 3.60. The Labute approximate surface area is 120 Å². The summed E-state index contributed by atoms with van der Waals surface area (Å²) in [6.07, 6.45) is 0. The van der Waals surface area contributed by atoms with Gasteiger partial charge in [-0.2, -0.15) is 0 Å². The highest BCUT2D eigenvalue weighted by atomic mass is 16.3. The van der Waals surface area contributed by atoms with Crippen LogP contribution in [0.25, 0.3) is 0 Å². The molecule has 0 spiro atoms. The second-order valence-corrected chi connectivity index (χ2v) is 5.12. The van der Waals surface area contributed by atoms with E-state index in [9.17, 15) is 5.11 Å². The predicted molar refractivity (Wildman–Crippen MR) is 83.5 cm³/mol. The van der Waals surface area contributed by atoms with Gasteiger partial charge in [-0.15, -0.1) is 0 Å². The fraction of sp³-hybridized carbons (Fsp3) is 0.294. The number of aromatic hydroxyl groups is 1. The van der Waals surface area contributed by atoms with Crippen LogP contribution in [0.5, 0.6) is 5.75 Å². The Bertz CT molecular complexity index is 581. The number of phenolic OH excluding ortho intramolecular Hbond substituents is 1. The first-order valence-electron chi connectivity index (χ1n) is 6.94. The van der Waals surface area contributed by atoms with E-state index < -0.39 is 0 Å². The smallest absolute Gasteiger partial charge is 0.120 e. The maximum Gasteiger partial charge on any atom is 0.120 e. The molecule has 3 heteroatoms. The van der Waals surface area contributed by atoms with Gasteiger partial charge in [-0.05, 0) is 42.8 Å². The Kier molecular flexibility index (Phi) is 4.64. The zero-order valence-electron chi connectivity index (χ0n) is 12.1. The van der Waals surface area contributed by atoms with Crippen molar-refractivity contribution >= 4 is 5.69 Å². The lowest BCUT2D eigenvalue weighted by atomic mass is 10.1. The highest BCUT2D eigenvalue weighted by Crippen LogP contribution is 2.22. The summed E-state index contributed by atoms with van der Waals surface area (Å²) in [4.78, 5) is 2.29. The SMILES string of the molecule is CCN(Cc1ccccc1C)Cc1cc(N)ccc1O. The normalized spacial score (nSPS) is 10.9. The highest BCUT2D eigenvalue weighted by molar-refractivity contribution is 5.47. The molecule has 0 aromatic heterocycles. The van der Waals surface area contributed by atoms with Crippen molar-refractivity contribution in [1.82, 2.24) is 4.90 Å². The summed E-state index contributed by atoms with van der Waals surface area (Å²) in [7, 11) is 0. The van der Waals surface area contributed by atoms with E-state index in [4.69, 9.17) is 5.73 Å². The van der Waals surface area contributed by atoms with Crippen LogP contribution in [0.3, 0.4) is 0 Å². The topological polar surface area (TPSA) is 49.5 Å². The molecule has 0 atom stereocenters. The molecular weight excluding hydrogens is 248 g/mol. The van der Waals surface area contributed by atoms with Gasteiger partial charge in [0.15, 0.2) is 0 Å². The van der Waals surface area contributed by atoms with Crippen molar-refractivity contribution in [1.29, 1.82) is 0 Å². The summed E-state index contributed by atoms with van der Waals surface area (Å²) >= 11 is 0. The second-order valence-electron chi connectivity index (χ2n) is 5.12. The van der Waals surface area contributed by atoms with Gasteiger partial charge in [0.05, 0.1) is 0 Å². The maximum absolute atomic E-state index is 9.92. The Morgan fingerprint density at radius 1 is 1.05 bits per heavy atom.